The van der Waals surface area contributed by atoms with Gasteiger partial charge in [0.15, 0.2) is 0 Å². The number of nitrogens with one attached hydrogen (secondary N) is 1. The topological polar surface area (TPSA) is 83.4 Å². The number of fused-ring (bicyclic) bond motifs is 1. The summed E-state index contributed by atoms with van der Waals surface area (Å²) in [7, 11) is 1.90. The molecule has 3 aromatic rings. The van der Waals surface area contributed by atoms with E-state index >= 15 is 0 Å². The molecule has 226 valence electrons. The van der Waals surface area contributed by atoms with Gasteiger partial charge in [0.05, 0.1) is 17.5 Å². The first-order valence-electron chi connectivity index (χ1n) is 14.6. The second-order valence-electron chi connectivity index (χ2n) is 12.2. The second kappa shape index (κ2) is 10.9. The zero-order valence-electron chi connectivity index (χ0n) is 24.3. The van der Waals surface area contributed by atoms with Crippen LogP contribution in [0.25, 0.3) is 0 Å². The molecule has 43 heavy (non-hydrogen) atoms. The number of nitrogens with zero attached hydrogens (tertiary/aromatic N) is 5. The van der Waals surface area contributed by atoms with E-state index in [9.17, 15) is 22.8 Å². The molecular formula is C32H35F3N6O2. The lowest BCUT2D eigenvalue weighted by molar-refractivity contribution is -0.138. The Bertz CT molecular complexity index is 1580. The van der Waals surface area contributed by atoms with Gasteiger partial charge in [-0.1, -0.05) is 25.6 Å². The SMILES string of the molecule is C=CC(=O)N1CC[C@H](CNCc2cc3c(c(C(F)(F)F)c2)CN(c2cccc(C4(c5nncn5C)CC(C)C4)c2)C3=O)C1. The standard InChI is InChI=1S/C32H35F3N6O2/c1-4-28(42)40-9-8-21(17-40)15-36-16-22-10-25-26(27(11-22)32(33,34)35)18-41(29(25)43)24-7-5-6-23(12-24)31(13-20(2)14-31)30-38-37-19-39(30)3/h4-7,10-12,19-21,36H,1,8-9,13-18H2,2-3H3/t20?,21-,31?/m1/s1. The van der Waals surface area contributed by atoms with Crippen LogP contribution in [0.3, 0.4) is 0 Å². The minimum absolute atomic E-state index is 0.00121. The quantitative estimate of drug-likeness (QED) is 0.379. The number of hydrogen-bond donors (Lipinski definition) is 1. The second-order valence-corrected chi connectivity index (χ2v) is 12.2. The van der Waals surface area contributed by atoms with E-state index in [0.717, 1.165) is 36.7 Å². The summed E-state index contributed by atoms with van der Waals surface area (Å²) in [5, 5.41) is 11.7. The zero-order valence-corrected chi connectivity index (χ0v) is 24.3. The van der Waals surface area contributed by atoms with E-state index in [1.54, 1.807) is 23.4 Å². The minimum atomic E-state index is -4.60. The number of aromatic nitrogens is 3. The Labute approximate surface area is 248 Å². The summed E-state index contributed by atoms with van der Waals surface area (Å²) < 4.78 is 44.8. The maximum atomic E-state index is 14.3. The Morgan fingerprint density at radius 1 is 1.23 bits per heavy atom. The van der Waals surface area contributed by atoms with E-state index in [1.165, 1.54) is 11.0 Å². The molecule has 6 rings (SSSR count). The van der Waals surface area contributed by atoms with E-state index < -0.39 is 17.6 Å². The predicted molar refractivity (Wildman–Crippen MR) is 155 cm³/mol. The normalized spacial score (nSPS) is 23.4. The number of aryl methyl sites for hydroxylation is 1. The summed E-state index contributed by atoms with van der Waals surface area (Å²) in [6.07, 6.45) is 0.909. The Hall–Kier alpha value is -3.99. The van der Waals surface area contributed by atoms with Gasteiger partial charge < -0.3 is 19.7 Å². The Morgan fingerprint density at radius 3 is 2.70 bits per heavy atom. The van der Waals surface area contributed by atoms with Crippen LogP contribution in [0.15, 0.2) is 55.4 Å². The highest BCUT2D eigenvalue weighted by Crippen LogP contribution is 2.52. The van der Waals surface area contributed by atoms with Gasteiger partial charge in [-0.2, -0.15) is 13.2 Å². The van der Waals surface area contributed by atoms with Crippen molar-refractivity contribution in [3.05, 3.63) is 89.0 Å². The van der Waals surface area contributed by atoms with Gasteiger partial charge in [0, 0.05) is 44.5 Å². The molecule has 2 fully saturated rings. The van der Waals surface area contributed by atoms with Crippen molar-refractivity contribution >= 4 is 17.5 Å². The predicted octanol–water partition coefficient (Wildman–Crippen LogP) is 4.83. The average molecular weight is 593 g/mol. The monoisotopic (exact) mass is 592 g/mol. The third kappa shape index (κ3) is 5.24. The van der Waals surface area contributed by atoms with Crippen LogP contribution in [0.4, 0.5) is 18.9 Å². The number of anilines is 1. The summed E-state index contributed by atoms with van der Waals surface area (Å²) in [5.74, 6) is 0.974. The fourth-order valence-corrected chi connectivity index (χ4v) is 7.15. The van der Waals surface area contributed by atoms with Gasteiger partial charge in [0.2, 0.25) is 5.91 Å². The van der Waals surface area contributed by atoms with Crippen LogP contribution in [-0.2, 0) is 36.5 Å². The third-order valence-corrected chi connectivity index (χ3v) is 9.18. The number of alkyl halides is 3. The number of carbonyl (C=O) groups excluding carboxylic acids is 2. The summed E-state index contributed by atoms with van der Waals surface area (Å²) in [6, 6.07) is 10.3. The van der Waals surface area contributed by atoms with Crippen molar-refractivity contribution in [2.45, 2.75) is 50.9 Å². The molecule has 0 spiro atoms. The highest BCUT2D eigenvalue weighted by Gasteiger charge is 2.48. The Kier molecular flexibility index (Phi) is 7.40. The van der Waals surface area contributed by atoms with E-state index in [0.29, 0.717) is 36.8 Å². The third-order valence-electron chi connectivity index (χ3n) is 9.18. The number of halogens is 3. The lowest BCUT2D eigenvalue weighted by Gasteiger charge is -2.46. The van der Waals surface area contributed by atoms with Crippen molar-refractivity contribution in [1.29, 1.82) is 0 Å². The van der Waals surface area contributed by atoms with Crippen LogP contribution in [-0.4, -0.2) is 51.1 Å². The average Bonchev–Trinajstić information content (AvgIpc) is 3.69. The number of carbonyl (C=O) groups is 2. The molecule has 11 heteroatoms. The Morgan fingerprint density at radius 2 is 2.02 bits per heavy atom. The van der Waals surface area contributed by atoms with Gasteiger partial charge in [-0.25, -0.2) is 0 Å². The maximum Gasteiger partial charge on any atom is 0.416 e. The van der Waals surface area contributed by atoms with Crippen molar-refractivity contribution in [2.75, 3.05) is 24.5 Å². The first-order valence-corrected chi connectivity index (χ1v) is 14.6. The molecule has 1 saturated carbocycles. The highest BCUT2D eigenvalue weighted by molar-refractivity contribution is 6.10. The molecule has 0 unspecified atom stereocenters. The van der Waals surface area contributed by atoms with E-state index in [1.807, 2.05) is 29.8 Å². The zero-order chi connectivity index (χ0) is 30.5. The summed E-state index contributed by atoms with van der Waals surface area (Å²) in [5.41, 5.74) is 0.887. The van der Waals surface area contributed by atoms with Crippen LogP contribution in [0.5, 0.6) is 0 Å². The summed E-state index contributed by atoms with van der Waals surface area (Å²) >= 11 is 0. The van der Waals surface area contributed by atoms with Crippen LogP contribution >= 0.6 is 0 Å². The number of likely N-dealkylation sites (tertiary alicyclic amines) is 1. The summed E-state index contributed by atoms with van der Waals surface area (Å²) in [6.45, 7) is 7.51. The van der Waals surface area contributed by atoms with Gasteiger partial charge in [-0.15, -0.1) is 10.2 Å². The van der Waals surface area contributed by atoms with Gasteiger partial charge in [-0.05, 0) is 78.1 Å². The van der Waals surface area contributed by atoms with E-state index in [4.69, 9.17) is 0 Å². The van der Waals surface area contributed by atoms with Crippen molar-refractivity contribution in [3.63, 3.8) is 0 Å². The van der Waals surface area contributed by atoms with Crippen molar-refractivity contribution < 1.29 is 22.8 Å². The number of amides is 2. The molecule has 1 N–H and O–H groups in total. The van der Waals surface area contributed by atoms with Crippen molar-refractivity contribution in [2.24, 2.45) is 18.9 Å². The van der Waals surface area contributed by atoms with Crippen molar-refractivity contribution in [1.82, 2.24) is 25.0 Å². The van der Waals surface area contributed by atoms with Gasteiger partial charge in [0.1, 0.15) is 12.2 Å². The molecule has 3 aliphatic rings. The van der Waals surface area contributed by atoms with Crippen LogP contribution in [0.2, 0.25) is 0 Å². The molecule has 8 nitrogen and oxygen atoms in total. The first-order chi connectivity index (χ1) is 20.5. The minimum Gasteiger partial charge on any atom is -0.339 e. The molecule has 1 aliphatic carbocycles. The highest BCUT2D eigenvalue weighted by atomic mass is 19.4. The lowest BCUT2D eigenvalue weighted by atomic mass is 9.58. The number of hydrogen-bond acceptors (Lipinski definition) is 5. The molecule has 2 aliphatic heterocycles. The molecule has 0 radical (unpaired) electrons. The van der Waals surface area contributed by atoms with Crippen LogP contribution in [0, 0.1) is 11.8 Å². The van der Waals surface area contributed by atoms with Crippen molar-refractivity contribution in [3.8, 4) is 0 Å². The van der Waals surface area contributed by atoms with Gasteiger partial charge >= 0.3 is 6.18 Å². The Balaban J connectivity index is 1.24. The smallest absolute Gasteiger partial charge is 0.339 e. The number of benzene rings is 2. The molecule has 1 atom stereocenters. The van der Waals surface area contributed by atoms with Crippen LogP contribution < -0.4 is 10.2 Å². The van der Waals surface area contributed by atoms with Crippen LogP contribution in [0.1, 0.15) is 64.6 Å². The molecule has 1 saturated heterocycles. The summed E-state index contributed by atoms with van der Waals surface area (Å²) in [4.78, 5) is 28.7. The van der Waals surface area contributed by atoms with Gasteiger partial charge in [-0.3, -0.25) is 9.59 Å². The molecular weight excluding hydrogens is 557 g/mol. The van der Waals surface area contributed by atoms with E-state index in [-0.39, 0.29) is 41.5 Å². The molecule has 0 bridgehead atoms. The fraction of sp³-hybridized carbons (Fsp3) is 0.438. The molecule has 3 heterocycles. The molecule has 1 aromatic heterocycles. The largest absolute Gasteiger partial charge is 0.416 e. The first kappa shape index (κ1) is 29.1. The molecule has 2 aromatic carbocycles. The maximum absolute atomic E-state index is 14.3. The van der Waals surface area contributed by atoms with Gasteiger partial charge in [0.25, 0.3) is 5.91 Å². The molecule has 2 amide bonds. The number of rotatable bonds is 8. The fourth-order valence-electron chi connectivity index (χ4n) is 7.15. The van der Waals surface area contributed by atoms with E-state index in [2.05, 4.69) is 29.0 Å². The lowest BCUT2D eigenvalue weighted by Crippen LogP contribution is -2.43.